The standard InChI is InChI=1S/C10H18N2OS/c1-3-5-11-7-9-8-14-10(12-9)4-6-13-2/h8,11H,3-7H2,1-2H3. The van der Waals surface area contributed by atoms with Gasteiger partial charge in [0.15, 0.2) is 0 Å². The van der Waals surface area contributed by atoms with E-state index >= 15 is 0 Å². The summed E-state index contributed by atoms with van der Waals surface area (Å²) in [5.41, 5.74) is 1.15. The molecule has 0 aliphatic rings. The maximum absolute atomic E-state index is 5.00. The molecule has 80 valence electrons. The van der Waals surface area contributed by atoms with Gasteiger partial charge < -0.3 is 10.1 Å². The van der Waals surface area contributed by atoms with Gasteiger partial charge in [0.1, 0.15) is 0 Å². The van der Waals surface area contributed by atoms with Crippen LogP contribution in [0.5, 0.6) is 0 Å². The third-order valence-corrected chi connectivity index (χ3v) is 2.81. The van der Waals surface area contributed by atoms with Gasteiger partial charge in [0.2, 0.25) is 0 Å². The van der Waals surface area contributed by atoms with Gasteiger partial charge in [0, 0.05) is 25.5 Å². The predicted molar refractivity (Wildman–Crippen MR) is 59.7 cm³/mol. The van der Waals surface area contributed by atoms with E-state index in [0.717, 1.165) is 31.8 Å². The van der Waals surface area contributed by atoms with Gasteiger partial charge in [0.05, 0.1) is 17.3 Å². The Labute approximate surface area is 89.5 Å². The summed E-state index contributed by atoms with van der Waals surface area (Å²) in [4.78, 5) is 4.50. The average molecular weight is 214 g/mol. The summed E-state index contributed by atoms with van der Waals surface area (Å²) < 4.78 is 5.00. The molecule has 1 aromatic rings. The first-order chi connectivity index (χ1) is 6.86. The van der Waals surface area contributed by atoms with E-state index in [4.69, 9.17) is 4.74 Å². The van der Waals surface area contributed by atoms with Crippen LogP contribution in [0.25, 0.3) is 0 Å². The highest BCUT2D eigenvalue weighted by Crippen LogP contribution is 2.10. The first-order valence-corrected chi connectivity index (χ1v) is 5.87. The van der Waals surface area contributed by atoms with Gasteiger partial charge in [-0.3, -0.25) is 0 Å². The molecule has 1 heterocycles. The Balaban J connectivity index is 2.27. The average Bonchev–Trinajstić information content (AvgIpc) is 2.63. The summed E-state index contributed by atoms with van der Waals surface area (Å²) >= 11 is 1.72. The quantitative estimate of drug-likeness (QED) is 0.703. The smallest absolute Gasteiger partial charge is 0.0951 e. The minimum atomic E-state index is 0.759. The maximum Gasteiger partial charge on any atom is 0.0951 e. The van der Waals surface area contributed by atoms with Gasteiger partial charge in [-0.05, 0) is 13.0 Å². The largest absolute Gasteiger partial charge is 0.384 e. The molecule has 3 nitrogen and oxygen atoms in total. The second-order valence-electron chi connectivity index (χ2n) is 3.15. The topological polar surface area (TPSA) is 34.1 Å². The van der Waals surface area contributed by atoms with Crippen molar-refractivity contribution in [2.75, 3.05) is 20.3 Å². The molecule has 0 amide bonds. The molecule has 0 fully saturated rings. The van der Waals surface area contributed by atoms with Crippen molar-refractivity contribution >= 4 is 11.3 Å². The Morgan fingerprint density at radius 1 is 1.57 bits per heavy atom. The number of rotatable bonds is 7. The van der Waals surface area contributed by atoms with Crippen molar-refractivity contribution < 1.29 is 4.74 Å². The van der Waals surface area contributed by atoms with E-state index in [1.807, 2.05) is 0 Å². The maximum atomic E-state index is 5.00. The number of hydrogen-bond donors (Lipinski definition) is 1. The first kappa shape index (κ1) is 11.6. The number of hydrogen-bond acceptors (Lipinski definition) is 4. The van der Waals surface area contributed by atoms with Crippen LogP contribution in [0.15, 0.2) is 5.38 Å². The van der Waals surface area contributed by atoms with E-state index in [1.54, 1.807) is 18.4 Å². The molecule has 0 saturated heterocycles. The molecule has 1 rings (SSSR count). The summed E-state index contributed by atoms with van der Waals surface area (Å²) in [6.45, 7) is 4.87. The van der Waals surface area contributed by atoms with Gasteiger partial charge in [0.25, 0.3) is 0 Å². The minimum Gasteiger partial charge on any atom is -0.384 e. The molecule has 0 atom stereocenters. The molecule has 4 heteroatoms. The van der Waals surface area contributed by atoms with Crippen LogP contribution >= 0.6 is 11.3 Å². The fourth-order valence-corrected chi connectivity index (χ4v) is 1.91. The Morgan fingerprint density at radius 2 is 2.43 bits per heavy atom. The molecule has 14 heavy (non-hydrogen) atoms. The van der Waals surface area contributed by atoms with E-state index in [9.17, 15) is 0 Å². The van der Waals surface area contributed by atoms with Gasteiger partial charge in [-0.25, -0.2) is 4.98 Å². The van der Waals surface area contributed by atoms with Gasteiger partial charge in [-0.1, -0.05) is 6.92 Å². The van der Waals surface area contributed by atoms with Crippen LogP contribution in [0, 0.1) is 0 Å². The van der Waals surface area contributed by atoms with E-state index < -0.39 is 0 Å². The van der Waals surface area contributed by atoms with Crippen molar-refractivity contribution in [3.8, 4) is 0 Å². The molecule has 0 aromatic carbocycles. The third-order valence-electron chi connectivity index (χ3n) is 1.85. The molecule has 0 bridgehead atoms. The van der Waals surface area contributed by atoms with E-state index in [-0.39, 0.29) is 0 Å². The van der Waals surface area contributed by atoms with Crippen LogP contribution in [0.2, 0.25) is 0 Å². The molecular formula is C10H18N2OS. The normalized spacial score (nSPS) is 10.7. The number of nitrogens with one attached hydrogen (secondary N) is 1. The summed E-state index contributed by atoms with van der Waals surface area (Å²) in [6, 6.07) is 0. The molecule has 0 spiro atoms. The molecule has 0 saturated carbocycles. The van der Waals surface area contributed by atoms with Crippen LogP contribution in [0.4, 0.5) is 0 Å². The summed E-state index contributed by atoms with van der Waals surface area (Å²) in [7, 11) is 1.72. The van der Waals surface area contributed by atoms with Crippen LogP contribution < -0.4 is 5.32 Å². The SMILES string of the molecule is CCCNCc1csc(CCOC)n1. The molecule has 0 radical (unpaired) electrons. The monoisotopic (exact) mass is 214 g/mol. The number of thiazole rings is 1. The highest BCUT2D eigenvalue weighted by atomic mass is 32.1. The second-order valence-corrected chi connectivity index (χ2v) is 4.09. The number of methoxy groups -OCH3 is 1. The zero-order valence-electron chi connectivity index (χ0n) is 8.88. The zero-order chi connectivity index (χ0) is 10.2. The fourth-order valence-electron chi connectivity index (χ4n) is 1.13. The molecule has 1 aromatic heterocycles. The minimum absolute atomic E-state index is 0.759. The van der Waals surface area contributed by atoms with Crippen molar-refractivity contribution in [2.45, 2.75) is 26.3 Å². The molecule has 0 unspecified atom stereocenters. The van der Waals surface area contributed by atoms with Crippen molar-refractivity contribution in [2.24, 2.45) is 0 Å². The zero-order valence-corrected chi connectivity index (χ0v) is 9.69. The lowest BCUT2D eigenvalue weighted by Gasteiger charge is -1.98. The first-order valence-electron chi connectivity index (χ1n) is 4.99. The lowest BCUT2D eigenvalue weighted by atomic mass is 10.4. The molecular weight excluding hydrogens is 196 g/mol. The second kappa shape index (κ2) is 6.92. The predicted octanol–water partition coefficient (Wildman–Crippen LogP) is 1.83. The fraction of sp³-hybridized carbons (Fsp3) is 0.700. The van der Waals surface area contributed by atoms with Crippen molar-refractivity contribution in [3.05, 3.63) is 16.1 Å². The number of aromatic nitrogens is 1. The van der Waals surface area contributed by atoms with Crippen LogP contribution in [0.3, 0.4) is 0 Å². The van der Waals surface area contributed by atoms with Gasteiger partial charge >= 0.3 is 0 Å². The van der Waals surface area contributed by atoms with Gasteiger partial charge in [-0.2, -0.15) is 0 Å². The molecule has 0 aliphatic heterocycles. The highest BCUT2D eigenvalue weighted by molar-refractivity contribution is 7.09. The van der Waals surface area contributed by atoms with Crippen molar-refractivity contribution in [1.29, 1.82) is 0 Å². The van der Waals surface area contributed by atoms with Crippen LogP contribution in [0.1, 0.15) is 24.0 Å². The Kier molecular flexibility index (Phi) is 5.75. The van der Waals surface area contributed by atoms with Crippen molar-refractivity contribution in [3.63, 3.8) is 0 Å². The van der Waals surface area contributed by atoms with Crippen LogP contribution in [-0.4, -0.2) is 25.2 Å². The lowest BCUT2D eigenvalue weighted by molar-refractivity contribution is 0.202. The van der Waals surface area contributed by atoms with Gasteiger partial charge in [-0.15, -0.1) is 11.3 Å². The van der Waals surface area contributed by atoms with Crippen molar-refractivity contribution in [1.82, 2.24) is 10.3 Å². The Hall–Kier alpha value is -0.450. The summed E-state index contributed by atoms with van der Waals surface area (Å²) in [6.07, 6.45) is 2.09. The Morgan fingerprint density at radius 3 is 3.14 bits per heavy atom. The molecule has 0 aliphatic carbocycles. The van der Waals surface area contributed by atoms with Crippen LogP contribution in [-0.2, 0) is 17.7 Å². The molecule has 1 N–H and O–H groups in total. The number of ether oxygens (including phenoxy) is 1. The number of nitrogens with zero attached hydrogens (tertiary/aromatic N) is 1. The summed E-state index contributed by atoms with van der Waals surface area (Å²) in [5.74, 6) is 0. The lowest BCUT2D eigenvalue weighted by Crippen LogP contribution is -2.14. The van der Waals surface area contributed by atoms with E-state index in [2.05, 4.69) is 22.6 Å². The van der Waals surface area contributed by atoms with E-state index in [0.29, 0.717) is 0 Å². The Bertz CT molecular complexity index is 250. The highest BCUT2D eigenvalue weighted by Gasteiger charge is 2.00. The third kappa shape index (κ3) is 4.17. The summed E-state index contributed by atoms with van der Waals surface area (Å²) in [5, 5.41) is 6.62. The van der Waals surface area contributed by atoms with E-state index in [1.165, 1.54) is 11.4 Å².